The monoisotopic (exact) mass is 649 g/mol. The highest BCUT2D eigenvalue weighted by Crippen LogP contribution is 2.18. The largest absolute Gasteiger partial charge is 0.396 e. The second-order valence-electron chi connectivity index (χ2n) is 12.5. The Balaban J connectivity index is -0.000000302. The first kappa shape index (κ1) is 50.7. The van der Waals surface area contributed by atoms with Crippen molar-refractivity contribution in [2.75, 3.05) is 39.5 Å². The topological polar surface area (TPSA) is 72.8 Å². The number of unbranched alkanes of at least 4 members (excludes halogenated alkanes) is 19. The summed E-state index contributed by atoms with van der Waals surface area (Å²) in [4.78, 5) is 10.1. The van der Waals surface area contributed by atoms with E-state index in [2.05, 4.69) is 45.6 Å². The van der Waals surface area contributed by atoms with Crippen LogP contribution in [0.1, 0.15) is 195 Å². The lowest BCUT2D eigenvalue weighted by atomic mass is 9.95. The Bertz CT molecular complexity index is 442. The van der Waals surface area contributed by atoms with Crippen molar-refractivity contribution in [2.45, 2.75) is 195 Å². The third-order valence-corrected chi connectivity index (χ3v) is 8.12. The normalized spacial score (nSPS) is 10.5. The Hall–Kier alpha value is -0.140. The van der Waals surface area contributed by atoms with Crippen LogP contribution < -0.4 is 5.32 Å². The van der Waals surface area contributed by atoms with Crippen LogP contribution in [-0.2, 0) is 4.79 Å². The van der Waals surface area contributed by atoms with E-state index in [4.69, 9.17) is 0 Å². The minimum Gasteiger partial charge on any atom is -0.396 e. The van der Waals surface area contributed by atoms with Crippen LogP contribution in [-0.4, -0.2) is 61.2 Å². The zero-order valence-electron chi connectivity index (χ0n) is 31.1. The molecule has 0 aromatic heterocycles. The van der Waals surface area contributed by atoms with Gasteiger partial charge in [0, 0.05) is 26.1 Å². The number of carbonyl (C=O) groups is 1. The summed E-state index contributed by atoms with van der Waals surface area (Å²) in [6, 6.07) is 0. The van der Waals surface area contributed by atoms with Gasteiger partial charge >= 0.3 is 0 Å². The van der Waals surface area contributed by atoms with Gasteiger partial charge in [0.2, 0.25) is 0 Å². The van der Waals surface area contributed by atoms with Gasteiger partial charge in [-0.3, -0.25) is 0 Å². The molecule has 5 nitrogen and oxygen atoms in total. The van der Waals surface area contributed by atoms with Crippen LogP contribution in [0.2, 0.25) is 0 Å². The average molecular weight is 649 g/mol. The molecule has 0 saturated heterocycles. The van der Waals surface area contributed by atoms with E-state index in [-0.39, 0.29) is 0 Å². The highest BCUT2D eigenvalue weighted by Gasteiger charge is 2.06. The number of thiol groups is 1. The van der Waals surface area contributed by atoms with Crippen molar-refractivity contribution in [1.82, 2.24) is 10.4 Å². The van der Waals surface area contributed by atoms with Gasteiger partial charge in [-0.05, 0) is 64.3 Å². The molecule has 0 fully saturated rings. The predicted molar refractivity (Wildman–Crippen MR) is 202 cm³/mol. The maximum Gasteiger partial charge on any atom is 0.119 e. The number of carbonyl (C=O) groups excluding carboxylic acids is 1. The van der Waals surface area contributed by atoms with Crippen molar-refractivity contribution in [2.24, 2.45) is 5.92 Å². The van der Waals surface area contributed by atoms with Gasteiger partial charge in [0.1, 0.15) is 6.29 Å². The van der Waals surface area contributed by atoms with E-state index in [0.717, 1.165) is 57.2 Å². The zero-order valence-corrected chi connectivity index (χ0v) is 32.0. The lowest BCUT2D eigenvalue weighted by Crippen LogP contribution is -2.21. The lowest BCUT2D eigenvalue weighted by molar-refractivity contribution is -0.107. The van der Waals surface area contributed by atoms with Crippen LogP contribution in [0.25, 0.3) is 0 Å². The molecule has 0 bridgehead atoms. The molecule has 0 aromatic rings. The summed E-state index contributed by atoms with van der Waals surface area (Å²) >= 11 is 3.92. The van der Waals surface area contributed by atoms with Crippen molar-refractivity contribution in [3.8, 4) is 0 Å². The predicted octanol–water partition coefficient (Wildman–Crippen LogP) is 11.4. The molecule has 0 atom stereocenters. The number of hydroxylamine groups is 2. The van der Waals surface area contributed by atoms with E-state index < -0.39 is 0 Å². The van der Waals surface area contributed by atoms with Gasteiger partial charge in [0.05, 0.1) is 0 Å². The minimum absolute atomic E-state index is 0.404. The Kier molecular flexibility index (Phi) is 60.4. The highest BCUT2D eigenvalue weighted by molar-refractivity contribution is 7.80. The number of aldehydes is 1. The summed E-state index contributed by atoms with van der Waals surface area (Å²) in [5.74, 6) is 1.60. The van der Waals surface area contributed by atoms with E-state index in [1.54, 1.807) is 0 Å². The first-order chi connectivity index (χ1) is 21.5. The van der Waals surface area contributed by atoms with Crippen LogP contribution in [0, 0.1) is 5.92 Å². The number of hydrogen-bond acceptors (Lipinski definition) is 6. The third-order valence-electron chi connectivity index (χ3n) is 7.67. The molecular weight excluding hydrogens is 564 g/mol. The Labute approximate surface area is 283 Å². The van der Waals surface area contributed by atoms with E-state index in [0.29, 0.717) is 18.9 Å². The van der Waals surface area contributed by atoms with Gasteiger partial charge in [0.25, 0.3) is 0 Å². The molecule has 44 heavy (non-hydrogen) atoms. The van der Waals surface area contributed by atoms with E-state index in [1.165, 1.54) is 133 Å². The number of hydrogen-bond donors (Lipinski definition) is 4. The van der Waals surface area contributed by atoms with Gasteiger partial charge in [0.15, 0.2) is 0 Å². The van der Waals surface area contributed by atoms with Crippen molar-refractivity contribution in [1.29, 1.82) is 0 Å². The SMILES string of the molecule is CCCCCCCC(CO)CCCCCCC.CCCCCCCCCN(O)CCCCCCCC=O.CCCS.CNC. The standard InChI is InChI=1S/C17H35NO2.C16H34O.C3H8S.C2H7N/c1-2-3-4-5-6-9-12-15-18(20)16-13-10-7-8-11-14-17-19;1-3-5-7-9-11-13-16(15-17)14-12-10-8-6-4-2;1-2-3-4;1-3-2/h17,20H,2-16H2,1H3;16-17H,3-15H2,1-2H3;4H,2-3H2,1H3;3H,1-2H3. The van der Waals surface area contributed by atoms with Gasteiger partial charge in [-0.25, -0.2) is 0 Å². The molecule has 6 heteroatoms. The van der Waals surface area contributed by atoms with Crippen LogP contribution in [0.15, 0.2) is 0 Å². The molecule has 0 aliphatic heterocycles. The van der Waals surface area contributed by atoms with E-state index in [1.807, 2.05) is 14.1 Å². The molecule has 0 radical (unpaired) electrons. The van der Waals surface area contributed by atoms with Crippen LogP contribution in [0.4, 0.5) is 0 Å². The average Bonchev–Trinajstić information content (AvgIpc) is 3.03. The van der Waals surface area contributed by atoms with Gasteiger partial charge < -0.3 is 20.4 Å². The number of nitrogens with zero attached hydrogens (tertiary/aromatic N) is 1. The van der Waals surface area contributed by atoms with Crippen LogP contribution in [0.5, 0.6) is 0 Å². The summed E-state index contributed by atoms with van der Waals surface area (Å²) in [5.41, 5.74) is 0. The lowest BCUT2D eigenvalue weighted by Gasteiger charge is -2.14. The summed E-state index contributed by atoms with van der Waals surface area (Å²) < 4.78 is 0. The highest BCUT2D eigenvalue weighted by atomic mass is 32.1. The molecule has 0 unspecified atom stereocenters. The molecule has 0 heterocycles. The van der Waals surface area contributed by atoms with Gasteiger partial charge in [-0.2, -0.15) is 17.7 Å². The first-order valence-corrected chi connectivity index (χ1v) is 19.8. The number of aliphatic hydroxyl groups is 1. The second kappa shape index (κ2) is 52.4. The summed E-state index contributed by atoms with van der Waals surface area (Å²) in [6.07, 6.45) is 33.5. The smallest absolute Gasteiger partial charge is 0.119 e. The molecule has 270 valence electrons. The zero-order chi connectivity index (χ0) is 33.8. The molecule has 0 amide bonds. The Morgan fingerprint density at radius 2 is 0.909 bits per heavy atom. The van der Waals surface area contributed by atoms with Crippen LogP contribution >= 0.6 is 12.6 Å². The Morgan fingerprint density at radius 3 is 1.23 bits per heavy atom. The fraction of sp³-hybridized carbons (Fsp3) is 0.974. The fourth-order valence-corrected chi connectivity index (χ4v) is 4.82. The number of rotatable bonds is 30. The van der Waals surface area contributed by atoms with E-state index >= 15 is 0 Å². The molecule has 0 spiro atoms. The summed E-state index contributed by atoms with van der Waals surface area (Å²) in [7, 11) is 3.75. The molecule has 0 aliphatic rings. The quantitative estimate of drug-likeness (QED) is 0.0270. The third kappa shape index (κ3) is 57.5. The maximum absolute atomic E-state index is 10.1. The second-order valence-corrected chi connectivity index (χ2v) is 12.9. The molecule has 0 rings (SSSR count). The van der Waals surface area contributed by atoms with Crippen LogP contribution in [0.3, 0.4) is 0 Å². The molecular formula is C38H84N2O3S. The van der Waals surface area contributed by atoms with Crippen molar-refractivity contribution >= 4 is 18.9 Å². The van der Waals surface area contributed by atoms with Crippen molar-refractivity contribution in [3.05, 3.63) is 0 Å². The summed E-state index contributed by atoms with van der Waals surface area (Å²) in [5, 5.41) is 23.3. The molecule has 0 saturated carbocycles. The van der Waals surface area contributed by atoms with E-state index in [9.17, 15) is 15.1 Å². The number of nitrogens with one attached hydrogen (secondary N) is 1. The molecule has 3 N–H and O–H groups in total. The van der Waals surface area contributed by atoms with Crippen molar-refractivity contribution in [3.63, 3.8) is 0 Å². The van der Waals surface area contributed by atoms with Gasteiger partial charge in [-0.15, -0.1) is 0 Å². The molecule has 0 aliphatic carbocycles. The van der Waals surface area contributed by atoms with Crippen molar-refractivity contribution < 1.29 is 15.1 Å². The fourth-order valence-electron chi connectivity index (χ4n) is 4.82. The number of aliphatic hydroxyl groups excluding tert-OH is 1. The summed E-state index contributed by atoms with van der Waals surface area (Å²) in [6.45, 7) is 10.9. The van der Waals surface area contributed by atoms with Gasteiger partial charge in [-0.1, -0.05) is 150 Å². The maximum atomic E-state index is 10.1. The molecule has 0 aromatic carbocycles. The Morgan fingerprint density at radius 1 is 0.591 bits per heavy atom. The first-order valence-electron chi connectivity index (χ1n) is 19.2. The minimum atomic E-state index is 0.404.